The van der Waals surface area contributed by atoms with Crippen LogP contribution in [-0.4, -0.2) is 57.1 Å². The third-order valence-corrected chi connectivity index (χ3v) is 6.92. The number of aryl methyl sites for hydroxylation is 1. The van der Waals surface area contributed by atoms with Crippen molar-refractivity contribution in [2.24, 2.45) is 11.6 Å². The SMILES string of the molecule is CNc1ncc(/C(N)=C/N(N)c2cc(C(=O)Nc3cc(N(C)CCN(C)C)cc(C(F)(F)F)c3)ccc2C)s1. The summed E-state index contributed by atoms with van der Waals surface area (Å²) in [4.78, 5) is 21.6. The van der Waals surface area contributed by atoms with E-state index in [0.717, 1.165) is 17.7 Å². The highest BCUT2D eigenvalue weighted by Crippen LogP contribution is 2.34. The largest absolute Gasteiger partial charge is 0.416 e. The molecule has 0 saturated carbocycles. The number of anilines is 4. The highest BCUT2D eigenvalue weighted by Gasteiger charge is 2.32. The molecule has 210 valence electrons. The first-order chi connectivity index (χ1) is 18.3. The molecule has 0 fully saturated rings. The van der Waals surface area contributed by atoms with Crippen LogP contribution in [0.15, 0.2) is 48.8 Å². The second-order valence-corrected chi connectivity index (χ2v) is 10.2. The highest BCUT2D eigenvalue weighted by molar-refractivity contribution is 7.16. The summed E-state index contributed by atoms with van der Waals surface area (Å²) in [5.74, 6) is 5.67. The van der Waals surface area contributed by atoms with Crippen LogP contribution in [0.4, 0.5) is 35.4 Å². The Morgan fingerprint density at radius 2 is 1.85 bits per heavy atom. The number of hydrazine groups is 1. The maximum Gasteiger partial charge on any atom is 0.416 e. The van der Waals surface area contributed by atoms with Crippen molar-refractivity contribution in [3.63, 3.8) is 0 Å². The summed E-state index contributed by atoms with van der Waals surface area (Å²) in [6.45, 7) is 2.97. The van der Waals surface area contributed by atoms with Crippen molar-refractivity contribution in [1.82, 2.24) is 9.88 Å². The van der Waals surface area contributed by atoms with E-state index in [0.29, 0.717) is 40.2 Å². The van der Waals surface area contributed by atoms with Gasteiger partial charge in [-0.3, -0.25) is 9.80 Å². The summed E-state index contributed by atoms with van der Waals surface area (Å²) in [7, 11) is 7.22. The van der Waals surface area contributed by atoms with E-state index in [9.17, 15) is 18.0 Å². The summed E-state index contributed by atoms with van der Waals surface area (Å²) in [5.41, 5.74) is 7.55. The normalized spacial score (nSPS) is 12.0. The van der Waals surface area contributed by atoms with Gasteiger partial charge < -0.3 is 26.2 Å². The number of thiazole rings is 1. The van der Waals surface area contributed by atoms with Gasteiger partial charge in [0, 0.05) is 56.5 Å². The van der Waals surface area contributed by atoms with Gasteiger partial charge in [0.05, 0.1) is 21.8 Å². The third kappa shape index (κ3) is 7.85. The van der Waals surface area contributed by atoms with E-state index in [-0.39, 0.29) is 11.3 Å². The molecule has 0 aliphatic heterocycles. The number of nitrogens with one attached hydrogen (secondary N) is 2. The van der Waals surface area contributed by atoms with Crippen LogP contribution < -0.4 is 32.1 Å². The number of carbonyl (C=O) groups is 1. The number of benzene rings is 2. The number of nitrogens with zero attached hydrogens (tertiary/aromatic N) is 4. The number of nitrogens with two attached hydrogens (primary N) is 2. The lowest BCUT2D eigenvalue weighted by molar-refractivity contribution is -0.137. The molecule has 1 amide bonds. The molecule has 2 aromatic carbocycles. The standard InChI is InChI=1S/C26H33F3N8OS/c1-16-6-7-17(10-22(16)37(31)15-21(30)23-14-33-25(32-2)39-23)24(38)34-19-11-18(26(27,28)29)12-20(13-19)36(5)9-8-35(3)4/h6-7,10-15H,8-9,30-31H2,1-5H3,(H,32,33)(H,34,38)/b21-15-. The number of alkyl halides is 3. The van der Waals surface area contributed by atoms with E-state index >= 15 is 0 Å². The van der Waals surface area contributed by atoms with Crippen molar-refractivity contribution in [3.05, 3.63) is 70.4 Å². The maximum atomic E-state index is 13.6. The number of likely N-dealkylation sites (N-methyl/N-ethyl adjacent to an activating group) is 2. The minimum absolute atomic E-state index is 0.0305. The number of hydrogen-bond donors (Lipinski definition) is 4. The molecule has 0 unspecified atom stereocenters. The Hall–Kier alpha value is -3.81. The second-order valence-electron chi connectivity index (χ2n) is 9.22. The van der Waals surface area contributed by atoms with Crippen molar-refractivity contribution in [2.75, 3.05) is 61.8 Å². The lowest BCUT2D eigenvalue weighted by Gasteiger charge is -2.23. The number of amides is 1. The van der Waals surface area contributed by atoms with E-state index in [4.69, 9.17) is 11.6 Å². The third-order valence-electron chi connectivity index (χ3n) is 5.86. The Labute approximate surface area is 229 Å². The number of carbonyl (C=O) groups excluding carboxylic acids is 1. The van der Waals surface area contributed by atoms with E-state index in [2.05, 4.69) is 15.6 Å². The van der Waals surface area contributed by atoms with E-state index in [1.807, 2.05) is 25.9 Å². The zero-order chi connectivity index (χ0) is 28.9. The van der Waals surface area contributed by atoms with E-state index in [1.54, 1.807) is 43.4 Å². The Bertz CT molecular complexity index is 1340. The fraction of sp³-hybridized carbons (Fsp3) is 0.308. The summed E-state index contributed by atoms with van der Waals surface area (Å²) in [5, 5.41) is 7.53. The Morgan fingerprint density at radius 1 is 1.13 bits per heavy atom. The van der Waals surface area contributed by atoms with Crippen molar-refractivity contribution in [1.29, 1.82) is 0 Å². The molecule has 0 radical (unpaired) electrons. The zero-order valence-corrected chi connectivity index (χ0v) is 23.2. The molecule has 3 aromatic rings. The van der Waals surface area contributed by atoms with Gasteiger partial charge in [-0.25, -0.2) is 10.8 Å². The molecule has 6 N–H and O–H groups in total. The average Bonchev–Trinajstić information content (AvgIpc) is 3.36. The number of aromatic nitrogens is 1. The fourth-order valence-corrected chi connectivity index (χ4v) is 4.28. The van der Waals surface area contributed by atoms with Crippen LogP contribution in [0.5, 0.6) is 0 Å². The van der Waals surface area contributed by atoms with Crippen LogP contribution in [0.1, 0.15) is 26.4 Å². The topological polar surface area (TPSA) is 116 Å². The molecule has 0 aliphatic carbocycles. The molecule has 0 aliphatic rings. The first-order valence-electron chi connectivity index (χ1n) is 11.9. The Balaban J connectivity index is 1.86. The predicted molar refractivity (Wildman–Crippen MR) is 153 cm³/mol. The molecule has 3 rings (SSSR count). The van der Waals surface area contributed by atoms with Gasteiger partial charge in [0.2, 0.25) is 0 Å². The summed E-state index contributed by atoms with van der Waals surface area (Å²) < 4.78 is 40.9. The summed E-state index contributed by atoms with van der Waals surface area (Å²) in [6.07, 6.45) is -1.44. The molecular formula is C26H33F3N8OS. The first-order valence-corrected chi connectivity index (χ1v) is 12.8. The predicted octanol–water partition coefficient (Wildman–Crippen LogP) is 4.40. The van der Waals surface area contributed by atoms with Gasteiger partial charge in [-0.2, -0.15) is 13.2 Å². The van der Waals surface area contributed by atoms with E-state index in [1.165, 1.54) is 28.6 Å². The van der Waals surface area contributed by atoms with Crippen molar-refractivity contribution >= 4 is 45.1 Å². The van der Waals surface area contributed by atoms with Gasteiger partial charge in [0.25, 0.3) is 5.91 Å². The quantitative estimate of drug-likeness (QED) is 0.212. The van der Waals surface area contributed by atoms with Gasteiger partial charge in [-0.15, -0.1) is 0 Å². The molecular weight excluding hydrogens is 529 g/mol. The van der Waals surface area contributed by atoms with Crippen molar-refractivity contribution < 1.29 is 18.0 Å². The van der Waals surface area contributed by atoms with Crippen LogP contribution in [0.2, 0.25) is 0 Å². The second kappa shape index (κ2) is 12.4. The number of rotatable bonds is 10. The van der Waals surface area contributed by atoms with Crippen molar-refractivity contribution in [3.8, 4) is 0 Å². The lowest BCUT2D eigenvalue weighted by Crippen LogP contribution is -2.28. The van der Waals surface area contributed by atoms with Crippen LogP contribution in [0, 0.1) is 6.92 Å². The summed E-state index contributed by atoms with van der Waals surface area (Å²) in [6, 6.07) is 8.34. The number of hydrogen-bond acceptors (Lipinski definition) is 9. The average molecular weight is 563 g/mol. The Kier molecular flexibility index (Phi) is 9.43. The minimum Gasteiger partial charge on any atom is -0.396 e. The molecule has 0 bridgehead atoms. The van der Waals surface area contributed by atoms with Gasteiger partial charge in [-0.1, -0.05) is 17.4 Å². The summed E-state index contributed by atoms with van der Waals surface area (Å²) >= 11 is 1.35. The Morgan fingerprint density at radius 3 is 2.46 bits per heavy atom. The minimum atomic E-state index is -4.58. The van der Waals surface area contributed by atoms with Crippen LogP contribution in [0.3, 0.4) is 0 Å². The molecule has 39 heavy (non-hydrogen) atoms. The van der Waals surface area contributed by atoms with Crippen LogP contribution >= 0.6 is 11.3 Å². The van der Waals surface area contributed by atoms with Gasteiger partial charge in [-0.05, 0) is 56.9 Å². The maximum absolute atomic E-state index is 13.6. The zero-order valence-electron chi connectivity index (χ0n) is 22.4. The molecule has 9 nitrogen and oxygen atoms in total. The van der Waals surface area contributed by atoms with Crippen molar-refractivity contribution in [2.45, 2.75) is 13.1 Å². The molecule has 0 atom stereocenters. The highest BCUT2D eigenvalue weighted by atomic mass is 32.1. The number of halogens is 3. The fourth-order valence-electron chi connectivity index (χ4n) is 3.58. The molecule has 0 spiro atoms. The van der Waals surface area contributed by atoms with Crippen LogP contribution in [0.25, 0.3) is 5.70 Å². The van der Waals surface area contributed by atoms with Crippen LogP contribution in [-0.2, 0) is 6.18 Å². The molecule has 1 aromatic heterocycles. The van der Waals surface area contributed by atoms with E-state index < -0.39 is 17.6 Å². The van der Waals surface area contributed by atoms with Gasteiger partial charge >= 0.3 is 6.18 Å². The lowest BCUT2D eigenvalue weighted by atomic mass is 10.1. The smallest absolute Gasteiger partial charge is 0.396 e. The molecule has 13 heteroatoms. The molecule has 1 heterocycles. The van der Waals surface area contributed by atoms with Gasteiger partial charge in [0.1, 0.15) is 0 Å². The first kappa shape index (κ1) is 29.7. The molecule has 0 saturated heterocycles. The van der Waals surface area contributed by atoms with Gasteiger partial charge in [0.15, 0.2) is 5.13 Å². The monoisotopic (exact) mass is 562 g/mol.